The first-order chi connectivity index (χ1) is 10.7. The third-order valence-corrected chi connectivity index (χ3v) is 3.16. The maximum Gasteiger partial charge on any atom is 0.413 e. The molecule has 2 rings (SSSR count). The third-order valence-electron chi connectivity index (χ3n) is 3.16. The van der Waals surface area contributed by atoms with Gasteiger partial charge < -0.3 is 4.74 Å². The molecule has 22 heavy (non-hydrogen) atoms. The molecule has 0 saturated carbocycles. The van der Waals surface area contributed by atoms with Crippen LogP contribution in [-0.2, 0) is 9.53 Å². The number of hydrogen-bond donors (Lipinski definition) is 2. The topological polar surface area (TPSA) is 67.4 Å². The molecule has 2 aromatic carbocycles. The highest BCUT2D eigenvalue weighted by Gasteiger charge is 2.15. The van der Waals surface area contributed by atoms with Crippen molar-refractivity contribution in [1.82, 2.24) is 10.6 Å². The monoisotopic (exact) mass is 298 g/mol. The van der Waals surface area contributed by atoms with Gasteiger partial charge in [-0.2, -0.15) is 0 Å². The molecule has 0 spiro atoms. The Morgan fingerprint density at radius 2 is 1.45 bits per heavy atom. The maximum atomic E-state index is 11.7. The Morgan fingerprint density at radius 3 is 1.91 bits per heavy atom. The van der Waals surface area contributed by atoms with E-state index in [2.05, 4.69) is 15.4 Å². The van der Waals surface area contributed by atoms with Crippen LogP contribution in [0.15, 0.2) is 60.7 Å². The SMILES string of the molecule is COC(=O)NC(=O)CNC(c1ccccc1)c1ccccc1. The zero-order valence-corrected chi connectivity index (χ0v) is 12.3. The second-order valence-corrected chi connectivity index (χ2v) is 4.68. The molecule has 0 fully saturated rings. The minimum absolute atomic E-state index is 0.00353. The minimum Gasteiger partial charge on any atom is -0.453 e. The summed E-state index contributed by atoms with van der Waals surface area (Å²) in [7, 11) is 1.22. The molecule has 2 amide bonds. The number of imide groups is 1. The van der Waals surface area contributed by atoms with Gasteiger partial charge in [0.2, 0.25) is 5.91 Å². The predicted octanol–water partition coefficient (Wildman–Crippen LogP) is 2.25. The lowest BCUT2D eigenvalue weighted by molar-refractivity contribution is -0.119. The van der Waals surface area contributed by atoms with Gasteiger partial charge in [-0.05, 0) is 11.1 Å². The van der Waals surface area contributed by atoms with Crippen LogP contribution in [0.25, 0.3) is 0 Å². The Balaban J connectivity index is 2.10. The number of methoxy groups -OCH3 is 1. The van der Waals surface area contributed by atoms with Crippen LogP contribution >= 0.6 is 0 Å². The van der Waals surface area contributed by atoms with Gasteiger partial charge in [0.25, 0.3) is 0 Å². The molecule has 0 saturated heterocycles. The van der Waals surface area contributed by atoms with Gasteiger partial charge in [-0.1, -0.05) is 60.7 Å². The highest BCUT2D eigenvalue weighted by atomic mass is 16.5. The molecule has 0 aliphatic carbocycles. The van der Waals surface area contributed by atoms with Crippen LogP contribution in [0.5, 0.6) is 0 Å². The van der Waals surface area contributed by atoms with Crippen molar-refractivity contribution < 1.29 is 14.3 Å². The van der Waals surface area contributed by atoms with Gasteiger partial charge in [-0.25, -0.2) is 4.79 Å². The molecular formula is C17H18N2O3. The molecule has 2 aromatic rings. The Bertz CT molecular complexity index is 575. The number of ether oxygens (including phenoxy) is 1. The molecule has 5 nitrogen and oxygen atoms in total. The first kappa shape index (κ1) is 15.7. The van der Waals surface area contributed by atoms with E-state index < -0.39 is 12.0 Å². The second kappa shape index (κ2) is 7.95. The van der Waals surface area contributed by atoms with E-state index in [1.54, 1.807) is 0 Å². The van der Waals surface area contributed by atoms with E-state index in [1.807, 2.05) is 60.7 Å². The van der Waals surface area contributed by atoms with E-state index in [-0.39, 0.29) is 12.6 Å². The van der Waals surface area contributed by atoms with Gasteiger partial charge in [-0.15, -0.1) is 0 Å². The van der Waals surface area contributed by atoms with Crippen LogP contribution in [0.1, 0.15) is 17.2 Å². The van der Waals surface area contributed by atoms with Crippen molar-refractivity contribution in [2.75, 3.05) is 13.7 Å². The molecule has 0 bridgehead atoms. The van der Waals surface area contributed by atoms with Crippen molar-refractivity contribution in [3.05, 3.63) is 71.8 Å². The lowest BCUT2D eigenvalue weighted by Gasteiger charge is -2.19. The standard InChI is InChI=1S/C17H18N2O3/c1-22-17(21)19-15(20)12-18-16(13-8-4-2-5-9-13)14-10-6-3-7-11-14/h2-11,16,18H,12H2,1H3,(H,19,20,21). The van der Waals surface area contributed by atoms with Gasteiger partial charge in [-0.3, -0.25) is 15.4 Å². The zero-order valence-electron chi connectivity index (χ0n) is 12.3. The molecule has 0 aliphatic rings. The summed E-state index contributed by atoms with van der Waals surface area (Å²) in [6.07, 6.45) is -0.761. The lowest BCUT2D eigenvalue weighted by Crippen LogP contribution is -2.39. The van der Waals surface area contributed by atoms with Crippen LogP contribution in [0.2, 0.25) is 0 Å². The number of rotatable bonds is 5. The highest BCUT2D eigenvalue weighted by molar-refractivity contribution is 5.92. The quantitative estimate of drug-likeness (QED) is 0.888. The van der Waals surface area contributed by atoms with Gasteiger partial charge >= 0.3 is 6.09 Å². The Kier molecular flexibility index (Phi) is 5.68. The summed E-state index contributed by atoms with van der Waals surface area (Å²) in [5.41, 5.74) is 2.08. The fourth-order valence-corrected chi connectivity index (χ4v) is 2.12. The van der Waals surface area contributed by atoms with E-state index in [4.69, 9.17) is 0 Å². The average Bonchev–Trinajstić information content (AvgIpc) is 2.57. The zero-order chi connectivity index (χ0) is 15.8. The molecule has 0 radical (unpaired) electrons. The molecule has 0 heterocycles. The number of nitrogens with one attached hydrogen (secondary N) is 2. The summed E-state index contributed by atoms with van der Waals surface area (Å²) in [6, 6.07) is 19.5. The van der Waals surface area contributed by atoms with Gasteiger partial charge in [0.15, 0.2) is 0 Å². The number of carbonyl (C=O) groups excluding carboxylic acids is 2. The number of benzene rings is 2. The van der Waals surface area contributed by atoms with Gasteiger partial charge in [0.1, 0.15) is 0 Å². The van der Waals surface area contributed by atoms with E-state index >= 15 is 0 Å². The fraction of sp³-hybridized carbons (Fsp3) is 0.176. The van der Waals surface area contributed by atoms with Gasteiger partial charge in [0.05, 0.1) is 19.7 Å². The molecule has 0 atom stereocenters. The Hall–Kier alpha value is -2.66. The van der Waals surface area contributed by atoms with E-state index in [1.165, 1.54) is 7.11 Å². The van der Waals surface area contributed by atoms with Crippen LogP contribution in [0, 0.1) is 0 Å². The van der Waals surface area contributed by atoms with Gasteiger partial charge in [0, 0.05) is 0 Å². The van der Waals surface area contributed by atoms with E-state index in [0.717, 1.165) is 11.1 Å². The molecule has 0 aromatic heterocycles. The summed E-state index contributed by atoms with van der Waals surface area (Å²) in [4.78, 5) is 22.7. The fourth-order valence-electron chi connectivity index (χ4n) is 2.12. The van der Waals surface area contributed by atoms with Crippen molar-refractivity contribution in [2.45, 2.75) is 6.04 Å². The number of hydrogen-bond acceptors (Lipinski definition) is 4. The van der Waals surface area contributed by atoms with Crippen molar-refractivity contribution in [1.29, 1.82) is 0 Å². The summed E-state index contributed by atoms with van der Waals surface area (Å²) >= 11 is 0. The van der Waals surface area contributed by atoms with Crippen molar-refractivity contribution in [3.63, 3.8) is 0 Å². The summed E-state index contributed by atoms with van der Waals surface area (Å²) in [6.45, 7) is 0.00353. The van der Waals surface area contributed by atoms with Crippen molar-refractivity contribution >= 4 is 12.0 Å². The summed E-state index contributed by atoms with van der Waals surface area (Å²) in [5, 5.41) is 5.29. The first-order valence-corrected chi connectivity index (χ1v) is 6.92. The van der Waals surface area contributed by atoms with Crippen LogP contribution in [0.4, 0.5) is 4.79 Å². The molecule has 5 heteroatoms. The largest absolute Gasteiger partial charge is 0.453 e. The lowest BCUT2D eigenvalue weighted by atomic mass is 9.99. The average molecular weight is 298 g/mol. The summed E-state index contributed by atoms with van der Waals surface area (Å²) in [5.74, 6) is -0.441. The normalized spacial score (nSPS) is 10.3. The van der Waals surface area contributed by atoms with E-state index in [9.17, 15) is 9.59 Å². The summed E-state index contributed by atoms with van der Waals surface area (Å²) < 4.78 is 4.40. The maximum absolute atomic E-state index is 11.7. The second-order valence-electron chi connectivity index (χ2n) is 4.68. The predicted molar refractivity (Wildman–Crippen MR) is 83.3 cm³/mol. The Morgan fingerprint density at radius 1 is 0.955 bits per heavy atom. The molecule has 2 N–H and O–H groups in total. The Labute approximate surface area is 129 Å². The van der Waals surface area contributed by atoms with E-state index in [0.29, 0.717) is 0 Å². The molecule has 0 unspecified atom stereocenters. The van der Waals surface area contributed by atoms with Crippen molar-refractivity contribution in [3.8, 4) is 0 Å². The number of amides is 2. The molecular weight excluding hydrogens is 280 g/mol. The smallest absolute Gasteiger partial charge is 0.413 e. The van der Waals surface area contributed by atoms with Crippen LogP contribution in [0.3, 0.4) is 0 Å². The number of carbonyl (C=O) groups is 2. The molecule has 114 valence electrons. The van der Waals surface area contributed by atoms with Crippen LogP contribution in [-0.4, -0.2) is 25.7 Å². The highest BCUT2D eigenvalue weighted by Crippen LogP contribution is 2.21. The minimum atomic E-state index is -0.761. The molecule has 0 aliphatic heterocycles. The van der Waals surface area contributed by atoms with Crippen molar-refractivity contribution in [2.24, 2.45) is 0 Å². The third kappa shape index (κ3) is 4.43. The number of alkyl carbamates (subject to hydrolysis) is 1. The first-order valence-electron chi connectivity index (χ1n) is 6.92. The van der Waals surface area contributed by atoms with Crippen LogP contribution < -0.4 is 10.6 Å².